The minimum atomic E-state index is 0.106. The molecule has 3 heteroatoms. The van der Waals surface area contributed by atoms with Crippen LogP contribution in [0, 0.1) is 6.92 Å². The van der Waals surface area contributed by atoms with E-state index in [1.165, 1.54) is 11.1 Å². The van der Waals surface area contributed by atoms with Gasteiger partial charge in [0.2, 0.25) is 0 Å². The van der Waals surface area contributed by atoms with Gasteiger partial charge in [-0.15, -0.1) is 0 Å². The molecule has 2 rings (SSSR count). The Morgan fingerprint density at radius 2 is 2.24 bits per heavy atom. The van der Waals surface area contributed by atoms with Gasteiger partial charge in [-0.05, 0) is 56.1 Å². The minimum absolute atomic E-state index is 0.106. The van der Waals surface area contributed by atoms with Crippen LogP contribution in [0.25, 0.3) is 0 Å². The van der Waals surface area contributed by atoms with Crippen molar-refractivity contribution in [2.24, 2.45) is 0 Å². The van der Waals surface area contributed by atoms with Crippen LogP contribution in [0.15, 0.2) is 30.0 Å². The first-order valence-corrected chi connectivity index (χ1v) is 6.36. The lowest BCUT2D eigenvalue weighted by atomic mass is 9.98. The fraction of sp³-hybridized carbons (Fsp3) is 0.429. The minimum Gasteiger partial charge on any atom is -0.496 e. The second-order valence-electron chi connectivity index (χ2n) is 4.32. The molecule has 1 atom stereocenters. The summed E-state index contributed by atoms with van der Waals surface area (Å²) in [5.74, 6) is 1.02. The molecule has 0 bridgehead atoms. The average Bonchev–Trinajstić information content (AvgIpc) is 2.36. The van der Waals surface area contributed by atoms with Crippen LogP contribution in [0.3, 0.4) is 0 Å². The van der Waals surface area contributed by atoms with Gasteiger partial charge in [0.05, 0.1) is 12.6 Å². The maximum absolute atomic E-state index is 6.07. The Bertz CT molecular complexity index is 428. The van der Waals surface area contributed by atoms with Crippen LogP contribution >= 0.6 is 11.6 Å². The summed E-state index contributed by atoms with van der Waals surface area (Å²) in [6.45, 7) is 2.91. The number of nitrogens with one attached hydrogen (secondary N) is 1. The fourth-order valence-corrected chi connectivity index (χ4v) is 2.33. The van der Waals surface area contributed by atoms with Crippen molar-refractivity contribution >= 4 is 11.6 Å². The smallest absolute Gasteiger partial charge is 0.113 e. The van der Waals surface area contributed by atoms with Crippen molar-refractivity contribution < 1.29 is 4.74 Å². The maximum Gasteiger partial charge on any atom is 0.113 e. The molecule has 2 nitrogen and oxygen atoms in total. The zero-order chi connectivity index (χ0) is 12.3. The molecule has 1 aromatic rings. The predicted octanol–water partition coefficient (Wildman–Crippen LogP) is 3.60. The molecular formula is C14H18ClNO. The van der Waals surface area contributed by atoms with Crippen LogP contribution in [0.4, 0.5) is 0 Å². The van der Waals surface area contributed by atoms with Crippen molar-refractivity contribution in [3.8, 4) is 0 Å². The van der Waals surface area contributed by atoms with Gasteiger partial charge in [0.25, 0.3) is 0 Å². The molecule has 0 amide bonds. The summed E-state index contributed by atoms with van der Waals surface area (Å²) in [5.41, 5.74) is 2.41. The van der Waals surface area contributed by atoms with Crippen molar-refractivity contribution in [2.45, 2.75) is 25.8 Å². The molecule has 0 spiro atoms. The number of hydrogen-bond acceptors (Lipinski definition) is 2. The summed E-state index contributed by atoms with van der Waals surface area (Å²) in [7, 11) is 1.95. The van der Waals surface area contributed by atoms with Crippen molar-refractivity contribution in [3.63, 3.8) is 0 Å². The number of likely N-dealkylation sites (N-methyl/N-ethyl adjacent to an activating group) is 1. The summed E-state index contributed by atoms with van der Waals surface area (Å²) in [6.07, 6.45) is 4.37. The molecule has 1 unspecified atom stereocenters. The zero-order valence-electron chi connectivity index (χ0n) is 10.3. The van der Waals surface area contributed by atoms with Gasteiger partial charge < -0.3 is 10.1 Å². The van der Waals surface area contributed by atoms with E-state index < -0.39 is 0 Å². The highest BCUT2D eigenvalue weighted by Gasteiger charge is 2.20. The monoisotopic (exact) mass is 251 g/mol. The standard InChI is InChI=1S/C14H18ClNO/c1-10-6-7-11(15)9-12(10)14(16-2)13-5-3-4-8-17-13/h5-7,9,14,16H,3-4,8H2,1-2H3. The topological polar surface area (TPSA) is 21.3 Å². The van der Waals surface area contributed by atoms with E-state index >= 15 is 0 Å². The van der Waals surface area contributed by atoms with Crippen LogP contribution < -0.4 is 5.32 Å². The number of allylic oxidation sites excluding steroid dienone is 1. The lowest BCUT2D eigenvalue weighted by molar-refractivity contribution is 0.169. The quantitative estimate of drug-likeness (QED) is 0.886. The maximum atomic E-state index is 6.07. The van der Waals surface area contributed by atoms with Gasteiger partial charge in [0.15, 0.2) is 0 Å². The molecule has 1 aliphatic rings. The van der Waals surface area contributed by atoms with Gasteiger partial charge in [-0.25, -0.2) is 0 Å². The Morgan fingerprint density at radius 3 is 2.88 bits per heavy atom. The molecule has 92 valence electrons. The average molecular weight is 252 g/mol. The first kappa shape index (κ1) is 12.5. The Hall–Kier alpha value is -0.990. The van der Waals surface area contributed by atoms with Gasteiger partial charge in [0, 0.05) is 5.02 Å². The molecule has 0 fully saturated rings. The van der Waals surface area contributed by atoms with Crippen molar-refractivity contribution in [1.29, 1.82) is 0 Å². The number of ether oxygens (including phenoxy) is 1. The van der Waals surface area contributed by atoms with E-state index in [0.29, 0.717) is 0 Å². The van der Waals surface area contributed by atoms with Crippen LogP contribution in [0.2, 0.25) is 5.02 Å². The lowest BCUT2D eigenvalue weighted by Crippen LogP contribution is -2.22. The van der Waals surface area contributed by atoms with E-state index in [1.54, 1.807) is 0 Å². The molecule has 0 aliphatic carbocycles. The Morgan fingerprint density at radius 1 is 1.41 bits per heavy atom. The van der Waals surface area contributed by atoms with Gasteiger partial charge >= 0.3 is 0 Å². The van der Waals surface area contributed by atoms with E-state index in [2.05, 4.69) is 18.3 Å². The van der Waals surface area contributed by atoms with Gasteiger partial charge in [0.1, 0.15) is 5.76 Å². The van der Waals surface area contributed by atoms with Gasteiger partial charge in [-0.1, -0.05) is 17.7 Å². The van der Waals surface area contributed by atoms with Crippen LogP contribution in [-0.4, -0.2) is 13.7 Å². The Balaban J connectivity index is 2.34. The summed E-state index contributed by atoms with van der Waals surface area (Å²) >= 11 is 6.07. The summed E-state index contributed by atoms with van der Waals surface area (Å²) in [5, 5.41) is 4.07. The first-order valence-electron chi connectivity index (χ1n) is 5.98. The van der Waals surface area contributed by atoms with E-state index in [-0.39, 0.29) is 6.04 Å². The third kappa shape index (κ3) is 2.82. The molecule has 0 radical (unpaired) electrons. The van der Waals surface area contributed by atoms with Crippen LogP contribution in [-0.2, 0) is 4.74 Å². The number of halogens is 1. The third-order valence-corrected chi connectivity index (χ3v) is 3.32. The molecule has 0 saturated heterocycles. The van der Waals surface area contributed by atoms with E-state index in [4.69, 9.17) is 16.3 Å². The van der Waals surface area contributed by atoms with Crippen molar-refractivity contribution in [2.75, 3.05) is 13.7 Å². The lowest BCUT2D eigenvalue weighted by Gasteiger charge is -2.25. The molecule has 1 aliphatic heterocycles. The third-order valence-electron chi connectivity index (χ3n) is 3.09. The molecular weight excluding hydrogens is 234 g/mol. The number of hydrogen-bond donors (Lipinski definition) is 1. The molecule has 1 aromatic carbocycles. The number of aryl methyl sites for hydroxylation is 1. The SMILES string of the molecule is CNC(C1=CCCCO1)c1cc(Cl)ccc1C. The summed E-state index contributed by atoms with van der Waals surface area (Å²) < 4.78 is 5.74. The van der Waals surface area contributed by atoms with Gasteiger partial charge in [-0.3, -0.25) is 0 Å². The van der Waals surface area contributed by atoms with Crippen molar-refractivity contribution in [1.82, 2.24) is 5.32 Å². The molecule has 0 saturated carbocycles. The van der Waals surface area contributed by atoms with Crippen molar-refractivity contribution in [3.05, 3.63) is 46.2 Å². The van der Waals surface area contributed by atoms with E-state index in [1.807, 2.05) is 25.2 Å². The highest BCUT2D eigenvalue weighted by molar-refractivity contribution is 6.30. The highest BCUT2D eigenvalue weighted by Crippen LogP contribution is 2.29. The van der Waals surface area contributed by atoms with Gasteiger partial charge in [-0.2, -0.15) is 0 Å². The number of rotatable bonds is 3. The van der Waals surface area contributed by atoms with E-state index in [0.717, 1.165) is 30.2 Å². The second kappa shape index (κ2) is 5.56. The predicted molar refractivity (Wildman–Crippen MR) is 71.3 cm³/mol. The normalized spacial score (nSPS) is 17.2. The highest BCUT2D eigenvalue weighted by atomic mass is 35.5. The summed E-state index contributed by atoms with van der Waals surface area (Å²) in [4.78, 5) is 0. The van der Waals surface area contributed by atoms with E-state index in [9.17, 15) is 0 Å². The van der Waals surface area contributed by atoms with Crippen LogP contribution in [0.1, 0.15) is 30.0 Å². The molecule has 1 heterocycles. The number of benzene rings is 1. The molecule has 1 N–H and O–H groups in total. The zero-order valence-corrected chi connectivity index (χ0v) is 11.1. The largest absolute Gasteiger partial charge is 0.496 e. The Labute approximate surface area is 108 Å². The second-order valence-corrected chi connectivity index (χ2v) is 4.76. The Kier molecular flexibility index (Phi) is 4.08. The fourth-order valence-electron chi connectivity index (χ4n) is 2.15. The molecule has 17 heavy (non-hydrogen) atoms. The molecule has 0 aromatic heterocycles. The van der Waals surface area contributed by atoms with Crippen LogP contribution in [0.5, 0.6) is 0 Å². The first-order chi connectivity index (χ1) is 8.22. The summed E-state index contributed by atoms with van der Waals surface area (Å²) in [6, 6.07) is 6.08.